The molecule has 0 amide bonds. The molecule has 2 heterocycles. The Morgan fingerprint density at radius 2 is 2.04 bits per heavy atom. The fourth-order valence-corrected chi connectivity index (χ4v) is 3.22. The first-order valence-corrected chi connectivity index (χ1v) is 8.57. The standard InChI is InChI=1S/C16H19N5O3S/c1-10-14(11(2)24-20-10)9-25-16-19-18-15(21(16)17)8-23-13-6-4-5-12(7-13)22-3/h4-7H,8-9,17H2,1-3H3. The summed E-state index contributed by atoms with van der Waals surface area (Å²) < 4.78 is 17.5. The molecule has 0 aliphatic heterocycles. The van der Waals surface area contributed by atoms with E-state index in [0.717, 1.165) is 22.8 Å². The fraction of sp³-hybridized carbons (Fsp3) is 0.312. The summed E-state index contributed by atoms with van der Waals surface area (Å²) in [7, 11) is 1.61. The zero-order valence-corrected chi connectivity index (χ0v) is 15.0. The van der Waals surface area contributed by atoms with Gasteiger partial charge in [-0.15, -0.1) is 10.2 Å². The second-order valence-electron chi connectivity index (χ2n) is 5.33. The lowest BCUT2D eigenvalue weighted by Crippen LogP contribution is -2.15. The number of thioether (sulfide) groups is 1. The second-order valence-corrected chi connectivity index (χ2v) is 6.27. The van der Waals surface area contributed by atoms with Gasteiger partial charge in [0.15, 0.2) is 5.82 Å². The van der Waals surface area contributed by atoms with Crippen LogP contribution < -0.4 is 15.3 Å². The predicted molar refractivity (Wildman–Crippen MR) is 93.0 cm³/mol. The number of nitrogens with zero attached hydrogens (tertiary/aromatic N) is 4. The summed E-state index contributed by atoms with van der Waals surface area (Å²) in [4.78, 5) is 0. The monoisotopic (exact) mass is 361 g/mol. The van der Waals surface area contributed by atoms with E-state index in [1.807, 2.05) is 32.0 Å². The van der Waals surface area contributed by atoms with Crippen molar-refractivity contribution >= 4 is 11.8 Å². The minimum absolute atomic E-state index is 0.211. The Hall–Kier alpha value is -2.68. The van der Waals surface area contributed by atoms with Gasteiger partial charge in [-0.2, -0.15) is 0 Å². The van der Waals surface area contributed by atoms with Gasteiger partial charge in [0, 0.05) is 17.4 Å². The number of rotatable bonds is 7. The average molecular weight is 361 g/mol. The van der Waals surface area contributed by atoms with Crippen LogP contribution in [0, 0.1) is 13.8 Å². The largest absolute Gasteiger partial charge is 0.497 e. The summed E-state index contributed by atoms with van der Waals surface area (Å²) in [6.45, 7) is 4.01. The molecular weight excluding hydrogens is 342 g/mol. The van der Waals surface area contributed by atoms with Gasteiger partial charge in [0.05, 0.1) is 12.8 Å². The average Bonchev–Trinajstić information content (AvgIpc) is 3.14. The maximum atomic E-state index is 6.07. The van der Waals surface area contributed by atoms with Crippen molar-refractivity contribution in [3.63, 3.8) is 0 Å². The maximum absolute atomic E-state index is 6.07. The highest BCUT2D eigenvalue weighted by atomic mass is 32.2. The molecule has 2 aromatic heterocycles. The quantitative estimate of drug-likeness (QED) is 0.506. The van der Waals surface area contributed by atoms with Crippen LogP contribution in [0.1, 0.15) is 22.8 Å². The van der Waals surface area contributed by atoms with Crippen LogP contribution in [0.5, 0.6) is 11.5 Å². The van der Waals surface area contributed by atoms with E-state index in [-0.39, 0.29) is 6.61 Å². The van der Waals surface area contributed by atoms with Crippen molar-refractivity contribution in [2.75, 3.05) is 13.0 Å². The lowest BCUT2D eigenvalue weighted by molar-refractivity contribution is 0.289. The Kier molecular flexibility index (Phi) is 5.13. The van der Waals surface area contributed by atoms with Crippen LogP contribution >= 0.6 is 11.8 Å². The van der Waals surface area contributed by atoms with Crippen molar-refractivity contribution in [3.05, 3.63) is 47.1 Å². The smallest absolute Gasteiger partial charge is 0.210 e. The number of benzene rings is 1. The molecule has 0 fully saturated rings. The number of hydrogen-bond donors (Lipinski definition) is 1. The Labute approximate surface area is 149 Å². The molecule has 0 aliphatic rings. The van der Waals surface area contributed by atoms with Gasteiger partial charge in [-0.1, -0.05) is 23.0 Å². The normalized spacial score (nSPS) is 10.8. The molecule has 132 valence electrons. The van der Waals surface area contributed by atoms with Crippen molar-refractivity contribution in [1.29, 1.82) is 0 Å². The first-order chi connectivity index (χ1) is 12.1. The van der Waals surface area contributed by atoms with Crippen LogP contribution in [-0.2, 0) is 12.4 Å². The number of nitrogen functional groups attached to an aromatic ring is 1. The molecule has 0 spiro atoms. The van der Waals surface area contributed by atoms with Gasteiger partial charge in [-0.3, -0.25) is 0 Å². The van der Waals surface area contributed by atoms with Crippen molar-refractivity contribution in [3.8, 4) is 11.5 Å². The third-order valence-corrected chi connectivity index (χ3v) is 4.64. The highest BCUT2D eigenvalue weighted by molar-refractivity contribution is 7.98. The first kappa shape index (κ1) is 17.2. The van der Waals surface area contributed by atoms with E-state index >= 15 is 0 Å². The van der Waals surface area contributed by atoms with E-state index < -0.39 is 0 Å². The molecule has 9 heteroatoms. The van der Waals surface area contributed by atoms with Crippen LogP contribution in [0.4, 0.5) is 0 Å². The second kappa shape index (κ2) is 7.47. The number of aryl methyl sites for hydroxylation is 2. The molecule has 2 N–H and O–H groups in total. The lowest BCUT2D eigenvalue weighted by Gasteiger charge is -2.07. The first-order valence-electron chi connectivity index (χ1n) is 7.59. The van der Waals surface area contributed by atoms with Crippen LogP contribution in [0.3, 0.4) is 0 Å². The summed E-state index contributed by atoms with van der Waals surface area (Å²) in [6, 6.07) is 7.34. The summed E-state index contributed by atoms with van der Waals surface area (Å²) in [6.07, 6.45) is 0. The van der Waals surface area contributed by atoms with E-state index in [4.69, 9.17) is 19.8 Å². The fourth-order valence-electron chi connectivity index (χ4n) is 2.19. The topological polar surface area (TPSA) is 101 Å². The van der Waals surface area contributed by atoms with Crippen LogP contribution in [-0.4, -0.2) is 27.1 Å². The van der Waals surface area contributed by atoms with E-state index in [1.54, 1.807) is 13.2 Å². The molecular formula is C16H19N5O3S. The molecule has 0 aliphatic carbocycles. The third kappa shape index (κ3) is 3.87. The summed E-state index contributed by atoms with van der Waals surface area (Å²) in [5, 5.41) is 12.7. The van der Waals surface area contributed by atoms with Gasteiger partial charge in [-0.05, 0) is 26.0 Å². The lowest BCUT2D eigenvalue weighted by atomic mass is 10.2. The molecule has 25 heavy (non-hydrogen) atoms. The summed E-state index contributed by atoms with van der Waals surface area (Å²) in [5.74, 6) is 9.46. The van der Waals surface area contributed by atoms with Crippen molar-refractivity contribution in [2.45, 2.75) is 31.4 Å². The number of nitrogens with two attached hydrogens (primary N) is 1. The maximum Gasteiger partial charge on any atom is 0.210 e. The SMILES string of the molecule is COc1cccc(OCc2nnc(SCc3c(C)noc3C)n2N)c1. The van der Waals surface area contributed by atoms with E-state index in [9.17, 15) is 0 Å². The summed E-state index contributed by atoms with van der Waals surface area (Å²) in [5.41, 5.74) is 1.91. The molecule has 8 nitrogen and oxygen atoms in total. The van der Waals surface area contributed by atoms with Crippen molar-refractivity contribution in [1.82, 2.24) is 20.0 Å². The summed E-state index contributed by atoms with van der Waals surface area (Å²) >= 11 is 1.47. The van der Waals surface area contributed by atoms with Gasteiger partial charge in [0.25, 0.3) is 0 Å². The van der Waals surface area contributed by atoms with Gasteiger partial charge < -0.3 is 19.8 Å². The molecule has 0 atom stereocenters. The Morgan fingerprint density at radius 3 is 2.76 bits per heavy atom. The Bertz CT molecular complexity index is 842. The zero-order chi connectivity index (χ0) is 17.8. The minimum atomic E-state index is 0.211. The van der Waals surface area contributed by atoms with Gasteiger partial charge >= 0.3 is 0 Å². The molecule has 0 saturated heterocycles. The van der Waals surface area contributed by atoms with Crippen LogP contribution in [0.15, 0.2) is 33.9 Å². The molecule has 0 unspecified atom stereocenters. The van der Waals surface area contributed by atoms with Gasteiger partial charge in [0.1, 0.15) is 23.9 Å². The van der Waals surface area contributed by atoms with Gasteiger partial charge in [0.2, 0.25) is 5.16 Å². The molecule has 3 rings (SSSR count). The number of aromatic nitrogens is 4. The molecule has 3 aromatic rings. The molecule has 0 bridgehead atoms. The molecule has 0 radical (unpaired) electrons. The number of ether oxygens (including phenoxy) is 2. The number of methoxy groups -OCH3 is 1. The third-order valence-electron chi connectivity index (χ3n) is 3.67. The molecule has 1 aromatic carbocycles. The number of hydrogen-bond acceptors (Lipinski definition) is 8. The highest BCUT2D eigenvalue weighted by Gasteiger charge is 2.14. The van der Waals surface area contributed by atoms with E-state index in [0.29, 0.717) is 22.5 Å². The van der Waals surface area contributed by atoms with Gasteiger partial charge in [-0.25, -0.2) is 4.68 Å². The van der Waals surface area contributed by atoms with Crippen molar-refractivity contribution in [2.24, 2.45) is 0 Å². The Morgan fingerprint density at radius 1 is 1.24 bits per heavy atom. The predicted octanol–water partition coefficient (Wildman–Crippen LogP) is 2.48. The van der Waals surface area contributed by atoms with Crippen molar-refractivity contribution < 1.29 is 14.0 Å². The van der Waals surface area contributed by atoms with E-state index in [2.05, 4.69) is 15.4 Å². The van der Waals surface area contributed by atoms with Crippen LogP contribution in [0.25, 0.3) is 0 Å². The zero-order valence-electron chi connectivity index (χ0n) is 14.2. The van der Waals surface area contributed by atoms with Crippen LogP contribution in [0.2, 0.25) is 0 Å². The minimum Gasteiger partial charge on any atom is -0.497 e. The molecule has 0 saturated carbocycles. The highest BCUT2D eigenvalue weighted by Crippen LogP contribution is 2.25. The van der Waals surface area contributed by atoms with E-state index in [1.165, 1.54) is 16.4 Å². The Balaban J connectivity index is 1.62.